The lowest BCUT2D eigenvalue weighted by molar-refractivity contribution is -0.145. The number of ether oxygens (including phenoxy) is 3. The molecule has 0 radical (unpaired) electrons. The van der Waals surface area contributed by atoms with E-state index in [1.807, 2.05) is 18.2 Å². The smallest absolute Gasteiger partial charge is 0.408 e. The van der Waals surface area contributed by atoms with Gasteiger partial charge in [0.15, 0.2) is 0 Å². The van der Waals surface area contributed by atoms with E-state index in [9.17, 15) is 24.3 Å². The van der Waals surface area contributed by atoms with Gasteiger partial charge in [-0.1, -0.05) is 37.6 Å². The van der Waals surface area contributed by atoms with Crippen LogP contribution in [0.25, 0.3) is 17.1 Å². The Kier molecular flexibility index (Phi) is 12.0. The Bertz CT molecular complexity index is 1750. The van der Waals surface area contributed by atoms with Crippen molar-refractivity contribution in [1.82, 2.24) is 25.5 Å². The van der Waals surface area contributed by atoms with E-state index in [0.717, 1.165) is 57.8 Å². The summed E-state index contributed by atoms with van der Waals surface area (Å²) in [6.45, 7) is 7.67. The maximum atomic E-state index is 14.5. The van der Waals surface area contributed by atoms with E-state index in [4.69, 9.17) is 14.2 Å². The number of hydrogen-bond donors (Lipinski definition) is 3. The van der Waals surface area contributed by atoms with Gasteiger partial charge in [0.05, 0.1) is 24.7 Å². The first-order valence-corrected chi connectivity index (χ1v) is 18.9. The fourth-order valence-corrected chi connectivity index (χ4v) is 8.01. The van der Waals surface area contributed by atoms with E-state index >= 15 is 0 Å². The molecule has 0 bridgehead atoms. The van der Waals surface area contributed by atoms with Crippen molar-refractivity contribution in [3.05, 3.63) is 55.3 Å². The zero-order valence-corrected chi connectivity index (χ0v) is 30.5. The van der Waals surface area contributed by atoms with E-state index in [0.29, 0.717) is 35.3 Å². The number of fused-ring (bicyclic) bond motifs is 3. The molecule has 2 aliphatic heterocycles. The fourth-order valence-electron chi connectivity index (χ4n) is 8.01. The van der Waals surface area contributed by atoms with Crippen LogP contribution in [0.1, 0.15) is 89.2 Å². The first kappa shape index (κ1) is 37.8. The van der Waals surface area contributed by atoms with Crippen LogP contribution in [0.15, 0.2) is 49.6 Å². The number of carboxylic acids is 1. The Labute approximate surface area is 310 Å². The van der Waals surface area contributed by atoms with Crippen molar-refractivity contribution in [3.8, 4) is 11.6 Å². The minimum atomic E-state index is -1.45. The molecule has 3 fully saturated rings. The Morgan fingerprint density at radius 2 is 1.96 bits per heavy atom. The van der Waals surface area contributed by atoms with Crippen molar-refractivity contribution in [1.29, 1.82) is 0 Å². The zero-order valence-electron chi connectivity index (χ0n) is 30.5. The average Bonchev–Trinajstić information content (AvgIpc) is 3.42. The molecule has 2 saturated carbocycles. The van der Waals surface area contributed by atoms with Gasteiger partial charge in [0.1, 0.15) is 41.3 Å². The Morgan fingerprint density at radius 3 is 2.74 bits per heavy atom. The molecule has 7 atom stereocenters. The highest BCUT2D eigenvalue weighted by molar-refractivity contribution is 5.96. The molecule has 1 aromatic heterocycles. The number of amides is 3. The normalized spacial score (nSPS) is 29.4. The van der Waals surface area contributed by atoms with Crippen molar-refractivity contribution in [2.75, 3.05) is 13.7 Å². The highest BCUT2D eigenvalue weighted by Crippen LogP contribution is 2.45. The topological polar surface area (TPSA) is 169 Å². The number of carbonyl (C=O) groups excluding carboxylic acids is 3. The van der Waals surface area contributed by atoms with Crippen LogP contribution >= 0.6 is 0 Å². The molecule has 2 aromatic rings. The molecular weight excluding hydrogens is 678 g/mol. The second kappa shape index (κ2) is 16.8. The highest BCUT2D eigenvalue weighted by Gasteiger charge is 2.61. The SMILES string of the molecule is C=CCCCC1CCCC1OC(=O)N[C@H]1CCCCC/C=C\[C@@H]2C[C@@]2(C(=O)O)NC(=O)[C@@H]2C[C@@H](Oc3nc4cc(OC)ccc4nc3C=C)CN2C1=O. The third kappa shape index (κ3) is 8.66. The standard InChI is InChI=1S/C40H51N5O8/c1-4-6-10-14-25-15-13-18-34(25)53-39(50)43-31-17-12-9-7-8-11-16-26-23-40(26,38(48)49)44-35(46)33-22-28(24-45(33)37(31)47)52-36-29(5-2)41-30-20-19-27(51-3)21-32(30)42-36/h4-5,11,16,19-21,25-26,28,31,33-34H,1-2,6-10,12-15,17-18,22-24H2,3H3,(H,43,50)(H,44,46)(H,48,49)/b16-11-/t25?,26-,28-,31+,33+,34?,40-/m1/s1. The number of aromatic nitrogens is 2. The minimum Gasteiger partial charge on any atom is -0.497 e. The summed E-state index contributed by atoms with van der Waals surface area (Å²) in [6, 6.07) is 3.26. The Morgan fingerprint density at radius 1 is 1.11 bits per heavy atom. The number of alkyl carbamates (subject to hydrolysis) is 1. The molecule has 6 rings (SSSR count). The van der Waals surface area contributed by atoms with Crippen LogP contribution in [0.2, 0.25) is 0 Å². The average molecular weight is 730 g/mol. The first-order valence-electron chi connectivity index (χ1n) is 18.9. The lowest BCUT2D eigenvalue weighted by Crippen LogP contribution is -2.56. The number of benzene rings is 1. The van der Waals surface area contributed by atoms with Gasteiger partial charge in [-0.3, -0.25) is 9.59 Å². The Balaban J connectivity index is 1.25. The summed E-state index contributed by atoms with van der Waals surface area (Å²) in [4.78, 5) is 65.2. The molecule has 1 aromatic carbocycles. The summed E-state index contributed by atoms with van der Waals surface area (Å²) in [5, 5.41) is 15.9. The number of rotatable bonds is 11. The number of nitrogens with zero attached hydrogens (tertiary/aromatic N) is 3. The molecule has 3 N–H and O–H groups in total. The van der Waals surface area contributed by atoms with Gasteiger partial charge >= 0.3 is 12.1 Å². The molecule has 1 saturated heterocycles. The van der Waals surface area contributed by atoms with Crippen LogP contribution in [0.4, 0.5) is 4.79 Å². The summed E-state index contributed by atoms with van der Waals surface area (Å²) in [5.74, 6) is -1.50. The van der Waals surface area contributed by atoms with Gasteiger partial charge in [-0.2, -0.15) is 0 Å². The fraction of sp³-hybridized carbons (Fsp3) is 0.550. The monoisotopic (exact) mass is 729 g/mol. The molecular formula is C40H51N5O8. The predicted molar refractivity (Wildman–Crippen MR) is 198 cm³/mol. The second-order valence-electron chi connectivity index (χ2n) is 14.6. The zero-order chi connectivity index (χ0) is 37.5. The first-order chi connectivity index (χ1) is 25.6. The van der Waals surface area contributed by atoms with E-state index < -0.39 is 47.6 Å². The van der Waals surface area contributed by atoms with Crippen LogP contribution in [0, 0.1) is 11.8 Å². The largest absolute Gasteiger partial charge is 0.497 e. The predicted octanol–water partition coefficient (Wildman–Crippen LogP) is 5.73. The quantitative estimate of drug-likeness (QED) is 0.192. The molecule has 2 unspecified atom stereocenters. The van der Waals surface area contributed by atoms with Gasteiger partial charge in [-0.15, -0.1) is 6.58 Å². The molecule has 0 spiro atoms. The summed E-state index contributed by atoms with van der Waals surface area (Å²) >= 11 is 0. The van der Waals surface area contributed by atoms with Crippen LogP contribution in [-0.2, 0) is 19.1 Å². The lowest BCUT2D eigenvalue weighted by Gasteiger charge is -2.30. The van der Waals surface area contributed by atoms with Gasteiger partial charge in [0.2, 0.25) is 17.7 Å². The third-order valence-electron chi connectivity index (χ3n) is 11.1. The number of allylic oxidation sites excluding steroid dienone is 2. The van der Waals surface area contributed by atoms with E-state index in [-0.39, 0.29) is 43.2 Å². The number of methoxy groups -OCH3 is 1. The number of carboxylic acid groups (broad SMARTS) is 1. The Hall–Kier alpha value is -4.94. The number of hydrogen-bond acceptors (Lipinski definition) is 9. The number of unbranched alkanes of at least 4 members (excludes halogenated alkanes) is 1. The van der Waals surface area contributed by atoms with Crippen molar-refractivity contribution < 1.29 is 38.5 Å². The van der Waals surface area contributed by atoms with Gasteiger partial charge in [0, 0.05) is 18.4 Å². The van der Waals surface area contributed by atoms with Crippen LogP contribution in [0.5, 0.6) is 11.6 Å². The number of carbonyl (C=O) groups is 4. The highest BCUT2D eigenvalue weighted by atomic mass is 16.6. The van der Waals surface area contributed by atoms with Crippen LogP contribution < -0.4 is 20.1 Å². The minimum absolute atomic E-state index is 0.00400. The molecule has 3 heterocycles. The maximum absolute atomic E-state index is 14.5. The molecule has 4 aliphatic rings. The molecule has 13 heteroatoms. The second-order valence-corrected chi connectivity index (χ2v) is 14.6. The van der Waals surface area contributed by atoms with Crippen molar-refractivity contribution in [2.24, 2.45) is 11.8 Å². The third-order valence-corrected chi connectivity index (χ3v) is 11.1. The van der Waals surface area contributed by atoms with E-state index in [2.05, 4.69) is 33.8 Å². The summed E-state index contributed by atoms with van der Waals surface area (Å²) in [7, 11) is 1.55. The van der Waals surface area contributed by atoms with Crippen LogP contribution in [-0.4, -0.2) is 87.3 Å². The summed E-state index contributed by atoms with van der Waals surface area (Å²) in [5.41, 5.74) is 0.0639. The summed E-state index contributed by atoms with van der Waals surface area (Å²) < 4.78 is 17.7. The van der Waals surface area contributed by atoms with Crippen molar-refractivity contribution in [3.63, 3.8) is 0 Å². The lowest BCUT2D eigenvalue weighted by atomic mass is 9.98. The van der Waals surface area contributed by atoms with Gasteiger partial charge in [-0.25, -0.2) is 19.6 Å². The molecule has 53 heavy (non-hydrogen) atoms. The molecule has 2 aliphatic carbocycles. The van der Waals surface area contributed by atoms with E-state index in [1.165, 1.54) is 11.0 Å². The van der Waals surface area contributed by atoms with Gasteiger partial charge in [0.25, 0.3) is 0 Å². The van der Waals surface area contributed by atoms with Crippen molar-refractivity contribution in [2.45, 2.75) is 113 Å². The molecule has 284 valence electrons. The number of aliphatic carboxylic acids is 1. The van der Waals surface area contributed by atoms with E-state index in [1.54, 1.807) is 25.3 Å². The summed E-state index contributed by atoms with van der Waals surface area (Å²) in [6.07, 6.45) is 14.9. The molecule has 13 nitrogen and oxygen atoms in total. The van der Waals surface area contributed by atoms with Crippen LogP contribution in [0.3, 0.4) is 0 Å². The maximum Gasteiger partial charge on any atom is 0.408 e. The van der Waals surface area contributed by atoms with Crippen molar-refractivity contribution >= 4 is 41.0 Å². The number of nitrogens with one attached hydrogen (secondary N) is 2. The van der Waals surface area contributed by atoms with Gasteiger partial charge < -0.3 is 34.9 Å². The van der Waals surface area contributed by atoms with Gasteiger partial charge in [-0.05, 0) is 88.3 Å². The molecule has 3 amide bonds.